The maximum Gasteiger partial charge on any atom is 0.319 e. The third-order valence-corrected chi connectivity index (χ3v) is 3.33. The highest BCUT2D eigenvalue weighted by Gasteiger charge is 2.45. The summed E-state index contributed by atoms with van der Waals surface area (Å²) in [5, 5.41) is 8.31. The molecule has 22 heavy (non-hydrogen) atoms. The summed E-state index contributed by atoms with van der Waals surface area (Å²) in [5.41, 5.74) is 6.83. The lowest BCUT2D eigenvalue weighted by Gasteiger charge is -2.12. The molecule has 0 unspecified atom stereocenters. The number of nitrogens with one attached hydrogen (secondary N) is 3. The van der Waals surface area contributed by atoms with Crippen LogP contribution in [0.4, 0.5) is 10.5 Å². The molecule has 2 rings (SSSR count). The third-order valence-electron chi connectivity index (χ3n) is 3.33. The van der Waals surface area contributed by atoms with Crippen LogP contribution in [-0.2, 0) is 11.3 Å². The maximum atomic E-state index is 11.7. The van der Waals surface area contributed by atoms with E-state index in [1.54, 1.807) is 12.1 Å². The average Bonchev–Trinajstić information content (AvgIpc) is 3.16. The molecule has 0 atom stereocenters. The number of nitrogens with two attached hydrogens (primary N) is 1. The molecule has 0 bridgehead atoms. The molecule has 0 saturated heterocycles. The number of hydrogen-bond donors (Lipinski definition) is 4. The Morgan fingerprint density at radius 3 is 2.32 bits per heavy atom. The second-order valence-corrected chi connectivity index (χ2v) is 5.79. The number of benzene rings is 1. The average molecular weight is 327 g/mol. The summed E-state index contributed by atoms with van der Waals surface area (Å²) in [6.07, 6.45) is 1.51. The summed E-state index contributed by atoms with van der Waals surface area (Å²) in [5.74, 6) is -0.0963. The molecule has 6 nitrogen and oxygen atoms in total. The van der Waals surface area contributed by atoms with Crippen LogP contribution >= 0.6 is 12.4 Å². The smallest absolute Gasteiger partial charge is 0.319 e. The fourth-order valence-corrected chi connectivity index (χ4v) is 1.86. The number of urea groups is 1. The van der Waals surface area contributed by atoms with E-state index in [1.807, 2.05) is 26.0 Å². The van der Waals surface area contributed by atoms with Gasteiger partial charge in [-0.1, -0.05) is 12.1 Å². The van der Waals surface area contributed by atoms with Gasteiger partial charge in [-0.3, -0.25) is 4.79 Å². The van der Waals surface area contributed by atoms with Crippen molar-refractivity contribution in [3.63, 3.8) is 0 Å². The van der Waals surface area contributed by atoms with E-state index >= 15 is 0 Å². The molecule has 122 valence electrons. The second kappa shape index (κ2) is 7.47. The largest absolute Gasteiger partial charge is 0.350 e. The van der Waals surface area contributed by atoms with E-state index < -0.39 is 5.54 Å². The Balaban J connectivity index is 0.00000242. The lowest BCUT2D eigenvalue weighted by atomic mass is 10.2. The standard InChI is InChI=1S/C15H22N4O2.ClH/c1-10(2)18-14(21)19-12-5-3-11(4-6-12)9-17-13(20)15(16)7-8-15;/h3-6,10H,7-9,16H2,1-2H3,(H,17,20)(H2,18,19,21);1H. The molecule has 0 aromatic heterocycles. The lowest BCUT2D eigenvalue weighted by Crippen LogP contribution is -2.42. The highest BCUT2D eigenvalue weighted by Crippen LogP contribution is 2.32. The normalized spacial score (nSPS) is 14.7. The van der Waals surface area contributed by atoms with Gasteiger partial charge in [0.2, 0.25) is 5.91 Å². The molecule has 5 N–H and O–H groups in total. The van der Waals surface area contributed by atoms with Gasteiger partial charge >= 0.3 is 6.03 Å². The Morgan fingerprint density at radius 1 is 1.23 bits per heavy atom. The van der Waals surface area contributed by atoms with Crippen LogP contribution in [0.5, 0.6) is 0 Å². The van der Waals surface area contributed by atoms with Crippen molar-refractivity contribution in [2.75, 3.05) is 5.32 Å². The van der Waals surface area contributed by atoms with Gasteiger partial charge < -0.3 is 21.7 Å². The highest BCUT2D eigenvalue weighted by molar-refractivity contribution is 5.89. The number of amides is 3. The summed E-state index contributed by atoms with van der Waals surface area (Å²) in [6, 6.07) is 7.19. The van der Waals surface area contributed by atoms with Crippen molar-refractivity contribution in [2.45, 2.75) is 44.8 Å². The lowest BCUT2D eigenvalue weighted by molar-refractivity contribution is -0.123. The van der Waals surface area contributed by atoms with E-state index in [0.29, 0.717) is 12.2 Å². The number of carbonyl (C=O) groups is 2. The van der Waals surface area contributed by atoms with Crippen LogP contribution < -0.4 is 21.7 Å². The van der Waals surface area contributed by atoms with Crippen LogP contribution in [0, 0.1) is 0 Å². The van der Waals surface area contributed by atoms with Gasteiger partial charge in [0.15, 0.2) is 0 Å². The van der Waals surface area contributed by atoms with Gasteiger partial charge in [0.1, 0.15) is 0 Å². The zero-order chi connectivity index (χ0) is 15.5. The summed E-state index contributed by atoms with van der Waals surface area (Å²) < 4.78 is 0. The van der Waals surface area contributed by atoms with E-state index in [4.69, 9.17) is 5.73 Å². The van der Waals surface area contributed by atoms with Crippen LogP contribution in [0.25, 0.3) is 0 Å². The summed E-state index contributed by atoms with van der Waals surface area (Å²) in [7, 11) is 0. The number of carbonyl (C=O) groups excluding carboxylic acids is 2. The van der Waals surface area contributed by atoms with Gasteiger partial charge in [-0.05, 0) is 44.4 Å². The molecule has 3 amide bonds. The third kappa shape index (κ3) is 5.20. The minimum atomic E-state index is -0.642. The quantitative estimate of drug-likeness (QED) is 0.663. The molecule has 1 fully saturated rings. The fourth-order valence-electron chi connectivity index (χ4n) is 1.86. The van der Waals surface area contributed by atoms with E-state index in [-0.39, 0.29) is 30.4 Å². The van der Waals surface area contributed by atoms with E-state index in [0.717, 1.165) is 18.4 Å². The Labute approximate surface area is 136 Å². The molecule has 0 aliphatic heterocycles. The van der Waals surface area contributed by atoms with Gasteiger partial charge in [0.05, 0.1) is 5.54 Å². The minimum absolute atomic E-state index is 0. The number of rotatable bonds is 5. The van der Waals surface area contributed by atoms with Gasteiger partial charge in [-0.25, -0.2) is 4.79 Å². The first-order chi connectivity index (χ1) is 9.89. The van der Waals surface area contributed by atoms with Crippen molar-refractivity contribution < 1.29 is 9.59 Å². The monoisotopic (exact) mass is 326 g/mol. The van der Waals surface area contributed by atoms with Gasteiger partial charge in [-0.15, -0.1) is 12.4 Å². The first kappa shape index (κ1) is 18.3. The summed E-state index contributed by atoms with van der Waals surface area (Å²) in [4.78, 5) is 23.3. The number of hydrogen-bond acceptors (Lipinski definition) is 3. The van der Waals surface area contributed by atoms with Crippen LogP contribution in [0.15, 0.2) is 24.3 Å². The Morgan fingerprint density at radius 2 is 1.82 bits per heavy atom. The molecule has 1 aliphatic carbocycles. The van der Waals surface area contributed by atoms with Crippen molar-refractivity contribution in [1.82, 2.24) is 10.6 Å². The van der Waals surface area contributed by atoms with Crippen LogP contribution in [0.1, 0.15) is 32.3 Å². The molecule has 7 heteroatoms. The topological polar surface area (TPSA) is 96.2 Å². The fraction of sp³-hybridized carbons (Fsp3) is 0.467. The first-order valence-corrected chi connectivity index (χ1v) is 7.13. The highest BCUT2D eigenvalue weighted by atomic mass is 35.5. The predicted octanol–water partition coefficient (Wildman–Crippen LogP) is 1.75. The molecule has 0 spiro atoms. The molecule has 1 aromatic carbocycles. The van der Waals surface area contributed by atoms with Gasteiger partial charge in [-0.2, -0.15) is 0 Å². The van der Waals surface area contributed by atoms with Crippen LogP contribution in [-0.4, -0.2) is 23.5 Å². The Bertz CT molecular complexity index is 527. The maximum absolute atomic E-state index is 11.7. The van der Waals surface area contributed by atoms with E-state index in [9.17, 15) is 9.59 Å². The second-order valence-electron chi connectivity index (χ2n) is 5.79. The van der Waals surface area contributed by atoms with Crippen molar-refractivity contribution >= 4 is 30.0 Å². The van der Waals surface area contributed by atoms with Gasteiger partial charge in [0, 0.05) is 18.3 Å². The molecular weight excluding hydrogens is 304 g/mol. The van der Waals surface area contributed by atoms with Crippen molar-refractivity contribution in [3.05, 3.63) is 29.8 Å². The molecule has 1 aromatic rings. The van der Waals surface area contributed by atoms with E-state index in [2.05, 4.69) is 16.0 Å². The van der Waals surface area contributed by atoms with Crippen molar-refractivity contribution in [2.24, 2.45) is 5.73 Å². The van der Waals surface area contributed by atoms with Crippen LogP contribution in [0.3, 0.4) is 0 Å². The van der Waals surface area contributed by atoms with Crippen molar-refractivity contribution in [3.8, 4) is 0 Å². The molecule has 1 aliphatic rings. The molecular formula is C15H23ClN4O2. The molecule has 0 radical (unpaired) electrons. The summed E-state index contributed by atoms with van der Waals surface area (Å²) >= 11 is 0. The minimum Gasteiger partial charge on any atom is -0.350 e. The zero-order valence-electron chi connectivity index (χ0n) is 12.8. The number of halogens is 1. The Hall–Kier alpha value is -1.79. The summed E-state index contributed by atoms with van der Waals surface area (Å²) in [6.45, 7) is 4.24. The van der Waals surface area contributed by atoms with Crippen molar-refractivity contribution in [1.29, 1.82) is 0 Å². The SMILES string of the molecule is CC(C)NC(=O)Nc1ccc(CNC(=O)C2(N)CC2)cc1.Cl. The molecule has 1 saturated carbocycles. The zero-order valence-corrected chi connectivity index (χ0v) is 13.6. The molecule has 0 heterocycles. The first-order valence-electron chi connectivity index (χ1n) is 7.13. The predicted molar refractivity (Wildman–Crippen MR) is 89.0 cm³/mol. The van der Waals surface area contributed by atoms with E-state index in [1.165, 1.54) is 0 Å². The van der Waals surface area contributed by atoms with Crippen LogP contribution in [0.2, 0.25) is 0 Å². The number of anilines is 1. The Kier molecular flexibility index (Phi) is 6.20. The van der Waals surface area contributed by atoms with Gasteiger partial charge in [0.25, 0.3) is 0 Å².